The normalized spacial score (nSPS) is 10.8. The molecule has 4 heterocycles. The molecule has 116 valence electrons. The third kappa shape index (κ3) is 2.67. The SMILES string of the molecule is N=C(Cc1cccnc1)c1nccc2[nH]c(-c3cccnc3)cc12. The topological polar surface area (TPSA) is 78.3 Å². The van der Waals surface area contributed by atoms with Crippen molar-refractivity contribution in [2.75, 3.05) is 0 Å². The first-order valence-electron chi connectivity index (χ1n) is 7.66. The van der Waals surface area contributed by atoms with Gasteiger partial charge in [-0.1, -0.05) is 6.07 Å². The van der Waals surface area contributed by atoms with Gasteiger partial charge < -0.3 is 10.4 Å². The fourth-order valence-electron chi connectivity index (χ4n) is 2.76. The second kappa shape index (κ2) is 6.04. The predicted molar refractivity (Wildman–Crippen MR) is 94.1 cm³/mol. The van der Waals surface area contributed by atoms with Gasteiger partial charge in [0, 0.05) is 59.6 Å². The Labute approximate surface area is 139 Å². The molecule has 4 rings (SSSR count). The summed E-state index contributed by atoms with van der Waals surface area (Å²) in [5.41, 5.74) is 5.13. The Morgan fingerprint density at radius 3 is 2.58 bits per heavy atom. The fraction of sp³-hybridized carbons (Fsp3) is 0.0526. The van der Waals surface area contributed by atoms with Crippen LogP contribution >= 0.6 is 0 Å². The number of hydrogen-bond acceptors (Lipinski definition) is 4. The van der Waals surface area contributed by atoms with Crippen LogP contribution in [0.3, 0.4) is 0 Å². The van der Waals surface area contributed by atoms with Crippen LogP contribution in [0.15, 0.2) is 67.4 Å². The first kappa shape index (κ1) is 14.3. The number of aromatic nitrogens is 4. The summed E-state index contributed by atoms with van der Waals surface area (Å²) in [5, 5.41) is 9.40. The highest BCUT2D eigenvalue weighted by atomic mass is 14.8. The molecule has 0 fully saturated rings. The Bertz CT molecular complexity index is 990. The van der Waals surface area contributed by atoms with E-state index in [9.17, 15) is 0 Å². The van der Waals surface area contributed by atoms with Gasteiger partial charge in [0.15, 0.2) is 0 Å². The maximum Gasteiger partial charge on any atom is 0.0934 e. The average molecular weight is 313 g/mol. The van der Waals surface area contributed by atoms with Gasteiger partial charge in [0.1, 0.15) is 0 Å². The Balaban J connectivity index is 1.73. The molecule has 0 saturated heterocycles. The molecular weight excluding hydrogens is 298 g/mol. The molecule has 4 aromatic rings. The van der Waals surface area contributed by atoms with E-state index in [1.54, 1.807) is 24.8 Å². The minimum absolute atomic E-state index is 0.477. The van der Waals surface area contributed by atoms with Crippen molar-refractivity contribution in [1.82, 2.24) is 19.9 Å². The van der Waals surface area contributed by atoms with Crippen LogP contribution < -0.4 is 0 Å². The molecule has 0 saturated carbocycles. The summed E-state index contributed by atoms with van der Waals surface area (Å²) in [6.07, 6.45) is 9.33. The Hall–Kier alpha value is -3.34. The third-order valence-electron chi connectivity index (χ3n) is 3.91. The molecule has 0 aliphatic heterocycles. The van der Waals surface area contributed by atoms with Gasteiger partial charge >= 0.3 is 0 Å². The molecule has 0 unspecified atom stereocenters. The number of hydrogen-bond donors (Lipinski definition) is 2. The highest BCUT2D eigenvalue weighted by molar-refractivity contribution is 6.08. The van der Waals surface area contributed by atoms with Crippen molar-refractivity contribution < 1.29 is 0 Å². The van der Waals surface area contributed by atoms with Gasteiger partial charge in [-0.25, -0.2) is 0 Å². The maximum atomic E-state index is 8.45. The van der Waals surface area contributed by atoms with E-state index in [0.29, 0.717) is 17.8 Å². The van der Waals surface area contributed by atoms with Crippen LogP contribution in [0.4, 0.5) is 0 Å². The van der Waals surface area contributed by atoms with E-state index in [1.807, 2.05) is 42.6 Å². The van der Waals surface area contributed by atoms with E-state index < -0.39 is 0 Å². The zero-order valence-electron chi connectivity index (χ0n) is 12.9. The van der Waals surface area contributed by atoms with Gasteiger partial charge in [0.25, 0.3) is 0 Å². The highest BCUT2D eigenvalue weighted by Crippen LogP contribution is 2.25. The Morgan fingerprint density at radius 1 is 1.00 bits per heavy atom. The summed E-state index contributed by atoms with van der Waals surface area (Å²) in [7, 11) is 0. The molecule has 0 atom stereocenters. The molecule has 24 heavy (non-hydrogen) atoms. The van der Waals surface area contributed by atoms with Crippen molar-refractivity contribution in [2.45, 2.75) is 6.42 Å². The van der Waals surface area contributed by atoms with Crippen LogP contribution in [0, 0.1) is 5.41 Å². The fourth-order valence-corrected chi connectivity index (χ4v) is 2.76. The minimum Gasteiger partial charge on any atom is -0.354 e. The lowest BCUT2D eigenvalue weighted by Gasteiger charge is -2.04. The van der Waals surface area contributed by atoms with E-state index >= 15 is 0 Å². The Morgan fingerprint density at radius 2 is 1.83 bits per heavy atom. The van der Waals surface area contributed by atoms with Crippen LogP contribution in [-0.2, 0) is 6.42 Å². The zero-order valence-corrected chi connectivity index (χ0v) is 12.9. The summed E-state index contributed by atoms with van der Waals surface area (Å²) < 4.78 is 0. The van der Waals surface area contributed by atoms with Crippen molar-refractivity contribution in [3.8, 4) is 11.3 Å². The van der Waals surface area contributed by atoms with Crippen LogP contribution in [0.25, 0.3) is 22.2 Å². The quantitative estimate of drug-likeness (QED) is 0.565. The number of nitrogens with one attached hydrogen (secondary N) is 2. The molecule has 0 aliphatic rings. The number of rotatable bonds is 4. The maximum absolute atomic E-state index is 8.45. The molecule has 2 N–H and O–H groups in total. The standard InChI is InChI=1S/C19H15N5/c20-16(9-13-3-1-6-21-11-13)19-15-10-18(14-4-2-7-22-12-14)24-17(15)5-8-23-19/h1-8,10-12,20,24H,9H2. The van der Waals surface area contributed by atoms with Crippen molar-refractivity contribution >= 4 is 16.6 Å². The van der Waals surface area contributed by atoms with Crippen molar-refractivity contribution in [2.24, 2.45) is 0 Å². The number of fused-ring (bicyclic) bond motifs is 1. The summed E-state index contributed by atoms with van der Waals surface area (Å²) in [5.74, 6) is 0. The molecule has 0 radical (unpaired) electrons. The summed E-state index contributed by atoms with van der Waals surface area (Å²) in [6.45, 7) is 0. The second-order valence-electron chi connectivity index (χ2n) is 5.56. The van der Waals surface area contributed by atoms with Crippen LogP contribution in [-0.4, -0.2) is 25.6 Å². The first-order valence-corrected chi connectivity index (χ1v) is 7.66. The first-order chi connectivity index (χ1) is 11.8. The molecule has 0 aromatic carbocycles. The third-order valence-corrected chi connectivity index (χ3v) is 3.91. The highest BCUT2D eigenvalue weighted by Gasteiger charge is 2.12. The molecule has 5 heteroatoms. The monoisotopic (exact) mass is 313 g/mol. The molecule has 4 aromatic heterocycles. The summed E-state index contributed by atoms with van der Waals surface area (Å²) >= 11 is 0. The summed E-state index contributed by atoms with van der Waals surface area (Å²) in [6, 6.07) is 11.7. The summed E-state index contributed by atoms with van der Waals surface area (Å²) in [4.78, 5) is 16.1. The Kier molecular flexibility index (Phi) is 3.59. The van der Waals surface area contributed by atoms with Crippen molar-refractivity contribution in [3.63, 3.8) is 0 Å². The van der Waals surface area contributed by atoms with Gasteiger partial charge in [-0.05, 0) is 35.9 Å². The van der Waals surface area contributed by atoms with E-state index in [1.165, 1.54) is 0 Å². The average Bonchev–Trinajstić information content (AvgIpc) is 3.07. The lowest BCUT2D eigenvalue weighted by molar-refractivity contribution is 1.18. The molecular formula is C19H15N5. The van der Waals surface area contributed by atoms with E-state index in [2.05, 4.69) is 19.9 Å². The van der Waals surface area contributed by atoms with Gasteiger partial charge in [-0.2, -0.15) is 0 Å². The largest absolute Gasteiger partial charge is 0.354 e. The van der Waals surface area contributed by atoms with Crippen LogP contribution in [0.2, 0.25) is 0 Å². The smallest absolute Gasteiger partial charge is 0.0934 e. The molecule has 0 aliphatic carbocycles. The van der Waals surface area contributed by atoms with E-state index in [4.69, 9.17) is 5.41 Å². The van der Waals surface area contributed by atoms with Gasteiger partial charge in [-0.15, -0.1) is 0 Å². The van der Waals surface area contributed by atoms with Crippen LogP contribution in [0.5, 0.6) is 0 Å². The minimum atomic E-state index is 0.477. The lowest BCUT2D eigenvalue weighted by Crippen LogP contribution is -2.06. The van der Waals surface area contributed by atoms with Gasteiger partial charge in [0.05, 0.1) is 11.4 Å². The number of pyridine rings is 3. The number of aromatic amines is 1. The second-order valence-corrected chi connectivity index (χ2v) is 5.56. The molecule has 0 spiro atoms. The van der Waals surface area contributed by atoms with Crippen LogP contribution in [0.1, 0.15) is 11.3 Å². The van der Waals surface area contributed by atoms with E-state index in [-0.39, 0.29) is 0 Å². The van der Waals surface area contributed by atoms with E-state index in [0.717, 1.165) is 27.7 Å². The number of nitrogens with zero attached hydrogens (tertiary/aromatic N) is 3. The molecule has 0 bridgehead atoms. The molecule has 5 nitrogen and oxygen atoms in total. The predicted octanol–water partition coefficient (Wildman–Crippen LogP) is 3.63. The lowest BCUT2D eigenvalue weighted by atomic mass is 10.0. The zero-order chi connectivity index (χ0) is 16.4. The van der Waals surface area contributed by atoms with Crippen molar-refractivity contribution in [3.05, 3.63) is 78.6 Å². The number of H-pyrrole nitrogens is 1. The van der Waals surface area contributed by atoms with Gasteiger partial charge in [-0.3, -0.25) is 15.0 Å². The van der Waals surface area contributed by atoms with Crippen molar-refractivity contribution in [1.29, 1.82) is 5.41 Å². The molecule has 0 amide bonds. The van der Waals surface area contributed by atoms with Gasteiger partial charge in [0.2, 0.25) is 0 Å².